The van der Waals surface area contributed by atoms with E-state index in [1.807, 2.05) is 0 Å². The van der Waals surface area contributed by atoms with Crippen LogP contribution in [0.5, 0.6) is 0 Å². The van der Waals surface area contributed by atoms with Gasteiger partial charge < -0.3 is 14.6 Å². The summed E-state index contributed by atoms with van der Waals surface area (Å²) < 4.78 is 4.96. The number of aromatic amines is 1. The van der Waals surface area contributed by atoms with Crippen LogP contribution in [0.1, 0.15) is 59.7 Å². The first-order chi connectivity index (χ1) is 12.4. The van der Waals surface area contributed by atoms with E-state index in [1.165, 1.54) is 12.1 Å². The van der Waals surface area contributed by atoms with Gasteiger partial charge in [-0.3, -0.25) is 9.59 Å². The highest BCUT2D eigenvalue weighted by molar-refractivity contribution is 6.21. The molecule has 8 heteroatoms. The van der Waals surface area contributed by atoms with Gasteiger partial charge in [-0.1, -0.05) is 17.2 Å². The molecule has 0 spiro atoms. The molecule has 0 bridgehead atoms. The highest BCUT2D eigenvalue weighted by atomic mass is 16.7. The van der Waals surface area contributed by atoms with Crippen LogP contribution >= 0.6 is 0 Å². The molecule has 8 nitrogen and oxygen atoms in total. The quantitative estimate of drug-likeness (QED) is 0.665. The van der Waals surface area contributed by atoms with Crippen LogP contribution in [-0.4, -0.2) is 40.4 Å². The second-order valence-electron chi connectivity index (χ2n) is 5.67. The minimum atomic E-state index is -0.948. The zero-order valence-corrected chi connectivity index (χ0v) is 14.4. The molecule has 1 aliphatic heterocycles. The number of esters is 1. The van der Waals surface area contributed by atoms with Crippen LogP contribution in [0.3, 0.4) is 0 Å². The van der Waals surface area contributed by atoms with Gasteiger partial charge in [-0.25, -0.2) is 9.59 Å². The summed E-state index contributed by atoms with van der Waals surface area (Å²) in [6.45, 7) is 5.02. The van der Waals surface area contributed by atoms with Gasteiger partial charge in [0.2, 0.25) is 0 Å². The number of nitrogens with zero attached hydrogens (tertiary/aromatic N) is 1. The number of hydrogen-bond donors (Lipinski definition) is 1. The molecule has 3 rings (SSSR count). The molecule has 1 aromatic heterocycles. The zero-order chi connectivity index (χ0) is 19.0. The van der Waals surface area contributed by atoms with Crippen molar-refractivity contribution in [3.8, 4) is 0 Å². The van der Waals surface area contributed by atoms with Crippen molar-refractivity contribution in [3.05, 3.63) is 57.9 Å². The lowest BCUT2D eigenvalue weighted by Crippen LogP contribution is -2.33. The molecule has 0 fully saturated rings. The van der Waals surface area contributed by atoms with E-state index >= 15 is 0 Å². The summed E-state index contributed by atoms with van der Waals surface area (Å²) in [7, 11) is 0. The maximum absolute atomic E-state index is 12.5. The third-order valence-corrected chi connectivity index (χ3v) is 4.05. The number of rotatable bonds is 4. The zero-order valence-electron chi connectivity index (χ0n) is 14.4. The maximum Gasteiger partial charge on any atom is 0.380 e. The number of ether oxygens (including phenoxy) is 1. The van der Waals surface area contributed by atoms with Crippen molar-refractivity contribution in [3.63, 3.8) is 0 Å². The molecule has 0 saturated carbocycles. The Labute approximate surface area is 148 Å². The van der Waals surface area contributed by atoms with E-state index in [1.54, 1.807) is 32.9 Å². The molecular formula is C18H16N2O6. The van der Waals surface area contributed by atoms with E-state index in [-0.39, 0.29) is 29.0 Å². The molecule has 0 atom stereocenters. The van der Waals surface area contributed by atoms with Crippen molar-refractivity contribution in [2.75, 3.05) is 6.61 Å². The van der Waals surface area contributed by atoms with Gasteiger partial charge in [0.05, 0.1) is 23.3 Å². The average Bonchev–Trinajstić information content (AvgIpc) is 3.04. The summed E-state index contributed by atoms with van der Waals surface area (Å²) >= 11 is 0. The summed E-state index contributed by atoms with van der Waals surface area (Å²) in [4.78, 5) is 56.8. The van der Waals surface area contributed by atoms with Crippen molar-refractivity contribution in [1.82, 2.24) is 10.0 Å². The first-order valence-electron chi connectivity index (χ1n) is 7.93. The van der Waals surface area contributed by atoms with Gasteiger partial charge in [0.1, 0.15) is 5.69 Å². The number of carbonyl (C=O) groups is 4. The number of carbonyl (C=O) groups excluding carboxylic acids is 4. The number of aryl methyl sites for hydroxylation is 1. The van der Waals surface area contributed by atoms with E-state index in [0.29, 0.717) is 16.3 Å². The van der Waals surface area contributed by atoms with Gasteiger partial charge >= 0.3 is 11.9 Å². The number of benzene rings is 1. The Morgan fingerprint density at radius 2 is 1.62 bits per heavy atom. The van der Waals surface area contributed by atoms with Gasteiger partial charge in [0, 0.05) is 5.69 Å². The average molecular weight is 356 g/mol. The Balaban J connectivity index is 1.86. The fraction of sp³-hybridized carbons (Fsp3) is 0.222. The lowest BCUT2D eigenvalue weighted by atomic mass is 10.1. The van der Waals surface area contributed by atoms with E-state index in [0.717, 1.165) is 0 Å². The smallest absolute Gasteiger partial charge is 0.380 e. The van der Waals surface area contributed by atoms with Crippen LogP contribution < -0.4 is 0 Å². The van der Waals surface area contributed by atoms with Gasteiger partial charge in [0.15, 0.2) is 0 Å². The fourth-order valence-electron chi connectivity index (χ4n) is 2.84. The number of fused-ring (bicyclic) bond motifs is 1. The Morgan fingerprint density at radius 3 is 2.15 bits per heavy atom. The van der Waals surface area contributed by atoms with Crippen molar-refractivity contribution in [1.29, 1.82) is 0 Å². The molecule has 2 heterocycles. The molecule has 26 heavy (non-hydrogen) atoms. The highest BCUT2D eigenvalue weighted by Gasteiger charge is 2.39. The number of hydroxylamine groups is 2. The molecule has 0 unspecified atom stereocenters. The molecule has 1 aliphatic rings. The fourth-order valence-corrected chi connectivity index (χ4v) is 2.84. The van der Waals surface area contributed by atoms with Crippen LogP contribution in [0.2, 0.25) is 0 Å². The van der Waals surface area contributed by atoms with E-state index < -0.39 is 23.8 Å². The first-order valence-corrected chi connectivity index (χ1v) is 7.93. The molecule has 0 saturated heterocycles. The Kier molecular flexibility index (Phi) is 4.33. The minimum Gasteiger partial charge on any atom is -0.462 e. The monoisotopic (exact) mass is 356 g/mol. The summed E-state index contributed by atoms with van der Waals surface area (Å²) in [5, 5.41) is 0.423. The molecule has 0 radical (unpaired) electrons. The molecule has 2 amide bonds. The number of aromatic nitrogens is 1. The van der Waals surface area contributed by atoms with Gasteiger partial charge in [-0.15, -0.1) is 0 Å². The highest BCUT2D eigenvalue weighted by Crippen LogP contribution is 2.25. The largest absolute Gasteiger partial charge is 0.462 e. The number of amides is 2. The SMILES string of the molecule is CCOC(=O)c1c(C)[nH]c(C(=O)ON2C(=O)c3ccccc3C2=O)c1C. The predicted octanol–water partition coefficient (Wildman–Crippen LogP) is 2.18. The van der Waals surface area contributed by atoms with Gasteiger partial charge in [-0.2, -0.15) is 0 Å². The molecule has 2 aromatic rings. The summed E-state index contributed by atoms with van der Waals surface area (Å²) in [6, 6.07) is 6.18. The number of hydrogen-bond acceptors (Lipinski definition) is 6. The van der Waals surface area contributed by atoms with Crippen LogP contribution in [-0.2, 0) is 9.57 Å². The van der Waals surface area contributed by atoms with Gasteiger partial charge in [-0.05, 0) is 38.5 Å². The van der Waals surface area contributed by atoms with Crippen molar-refractivity contribution in [2.24, 2.45) is 0 Å². The van der Waals surface area contributed by atoms with E-state index in [2.05, 4.69) is 4.98 Å². The maximum atomic E-state index is 12.5. The van der Waals surface area contributed by atoms with Crippen LogP contribution in [0, 0.1) is 13.8 Å². The normalized spacial score (nSPS) is 13.0. The minimum absolute atomic E-state index is 0.0258. The van der Waals surface area contributed by atoms with E-state index in [4.69, 9.17) is 9.57 Å². The molecular weight excluding hydrogens is 340 g/mol. The topological polar surface area (TPSA) is 106 Å². The molecule has 1 aromatic carbocycles. The molecule has 134 valence electrons. The number of H-pyrrole nitrogens is 1. The lowest BCUT2D eigenvalue weighted by Gasteiger charge is -2.12. The summed E-state index contributed by atoms with van der Waals surface area (Å²) in [5.74, 6) is -2.95. The Morgan fingerprint density at radius 1 is 1.04 bits per heavy atom. The van der Waals surface area contributed by atoms with Crippen LogP contribution in [0.4, 0.5) is 0 Å². The standard InChI is InChI=1S/C18H16N2O6/c1-4-25-17(23)13-9(2)14(19-10(13)3)18(24)26-20-15(21)11-7-5-6-8-12(11)16(20)22/h5-8,19H,4H2,1-3H3. The van der Waals surface area contributed by atoms with E-state index in [9.17, 15) is 19.2 Å². The van der Waals surface area contributed by atoms with Crippen molar-refractivity contribution < 1.29 is 28.8 Å². The van der Waals surface area contributed by atoms with Crippen LogP contribution in [0.25, 0.3) is 0 Å². The second-order valence-corrected chi connectivity index (χ2v) is 5.67. The second kappa shape index (κ2) is 6.47. The van der Waals surface area contributed by atoms with Crippen molar-refractivity contribution in [2.45, 2.75) is 20.8 Å². The number of imide groups is 1. The van der Waals surface area contributed by atoms with Gasteiger partial charge in [0.25, 0.3) is 11.8 Å². The summed E-state index contributed by atoms with van der Waals surface area (Å²) in [6.07, 6.45) is 0. The third-order valence-electron chi connectivity index (χ3n) is 4.05. The molecule has 1 N–H and O–H groups in total. The predicted molar refractivity (Wildman–Crippen MR) is 88.6 cm³/mol. The van der Waals surface area contributed by atoms with Crippen LogP contribution in [0.15, 0.2) is 24.3 Å². The third kappa shape index (κ3) is 2.65. The Hall–Kier alpha value is -3.42. The van der Waals surface area contributed by atoms with Crippen molar-refractivity contribution >= 4 is 23.8 Å². The molecule has 0 aliphatic carbocycles. The first kappa shape index (κ1) is 17.4. The number of nitrogens with one attached hydrogen (secondary N) is 1. The summed E-state index contributed by atoms with van der Waals surface area (Å²) in [5.41, 5.74) is 1.27. The lowest BCUT2D eigenvalue weighted by molar-refractivity contribution is -0.0588. The Bertz CT molecular complexity index is 908.